The van der Waals surface area contributed by atoms with Crippen molar-refractivity contribution in [2.24, 2.45) is 5.92 Å². The van der Waals surface area contributed by atoms with E-state index in [0.29, 0.717) is 18.1 Å². The number of ketones is 1. The first-order valence-electron chi connectivity index (χ1n) is 5.85. The van der Waals surface area contributed by atoms with Crippen LogP contribution in [0.4, 0.5) is 0 Å². The molecule has 0 saturated heterocycles. The van der Waals surface area contributed by atoms with Crippen LogP contribution >= 0.6 is 0 Å². The van der Waals surface area contributed by atoms with Crippen LogP contribution in [0.25, 0.3) is 11.0 Å². The summed E-state index contributed by atoms with van der Waals surface area (Å²) < 4.78 is 5.55. The van der Waals surface area contributed by atoms with Gasteiger partial charge in [0.05, 0.1) is 0 Å². The van der Waals surface area contributed by atoms with Crippen LogP contribution < -0.4 is 0 Å². The van der Waals surface area contributed by atoms with E-state index in [2.05, 4.69) is 0 Å². The van der Waals surface area contributed by atoms with Crippen molar-refractivity contribution in [3.8, 4) is 0 Å². The fraction of sp³-hybridized carbons (Fsp3) is 0.357. The minimum atomic E-state index is 0.154. The molecule has 0 amide bonds. The number of hydrogen-bond acceptors (Lipinski definition) is 2. The molecular weight excluding hydrogens is 200 g/mol. The first-order valence-corrected chi connectivity index (χ1v) is 5.85. The van der Waals surface area contributed by atoms with Gasteiger partial charge in [0.2, 0.25) is 0 Å². The highest BCUT2D eigenvalue weighted by Gasteiger charge is 2.23. The van der Waals surface area contributed by atoms with E-state index in [0.717, 1.165) is 11.0 Å². The lowest BCUT2D eigenvalue weighted by Gasteiger charge is -2.23. The summed E-state index contributed by atoms with van der Waals surface area (Å²) in [4.78, 5) is 11.9. The van der Waals surface area contributed by atoms with E-state index in [1.807, 2.05) is 30.3 Å². The van der Waals surface area contributed by atoms with Crippen LogP contribution in [-0.2, 0) is 0 Å². The van der Waals surface area contributed by atoms with Crippen LogP contribution in [0, 0.1) is 5.92 Å². The summed E-state index contributed by atoms with van der Waals surface area (Å²) in [6.07, 6.45) is 4.33. The third kappa shape index (κ3) is 1.64. The highest BCUT2D eigenvalue weighted by Crippen LogP contribution is 2.31. The standard InChI is InChI=1S/C14H14O2/c15-12(8-10-4-3-5-10)14-9-11-6-1-2-7-13(11)16-14/h1-2,6-7,9-10H,3-5,8H2. The zero-order valence-corrected chi connectivity index (χ0v) is 9.11. The molecule has 2 nitrogen and oxygen atoms in total. The molecular formula is C14H14O2. The molecule has 3 rings (SSSR count). The number of furan rings is 1. The first kappa shape index (κ1) is 9.64. The quantitative estimate of drug-likeness (QED) is 0.727. The van der Waals surface area contributed by atoms with E-state index in [-0.39, 0.29) is 5.78 Å². The maximum absolute atomic E-state index is 11.9. The van der Waals surface area contributed by atoms with Gasteiger partial charge >= 0.3 is 0 Å². The molecule has 1 heterocycles. The molecule has 82 valence electrons. The van der Waals surface area contributed by atoms with Crippen LogP contribution in [-0.4, -0.2) is 5.78 Å². The monoisotopic (exact) mass is 214 g/mol. The van der Waals surface area contributed by atoms with Gasteiger partial charge in [-0.2, -0.15) is 0 Å². The number of carbonyl (C=O) groups excluding carboxylic acids is 1. The Kier molecular flexibility index (Phi) is 2.28. The van der Waals surface area contributed by atoms with Crippen LogP contribution in [0.3, 0.4) is 0 Å². The molecule has 0 radical (unpaired) electrons. The summed E-state index contributed by atoms with van der Waals surface area (Å²) in [5, 5.41) is 1.01. The van der Waals surface area contributed by atoms with Gasteiger partial charge in [0.1, 0.15) is 5.58 Å². The van der Waals surface area contributed by atoms with Gasteiger partial charge < -0.3 is 4.42 Å². The molecule has 0 N–H and O–H groups in total. The number of rotatable bonds is 3. The van der Waals surface area contributed by atoms with E-state index in [9.17, 15) is 4.79 Å². The SMILES string of the molecule is O=C(CC1CCC1)c1cc2ccccc2o1. The lowest BCUT2D eigenvalue weighted by Crippen LogP contribution is -2.15. The highest BCUT2D eigenvalue weighted by molar-refractivity contribution is 5.97. The number of carbonyl (C=O) groups is 1. The second-order valence-corrected chi connectivity index (χ2v) is 4.57. The summed E-state index contributed by atoms with van der Waals surface area (Å²) in [6.45, 7) is 0. The topological polar surface area (TPSA) is 30.2 Å². The maximum Gasteiger partial charge on any atom is 0.198 e. The number of hydrogen-bond donors (Lipinski definition) is 0. The second kappa shape index (κ2) is 3.78. The lowest BCUT2D eigenvalue weighted by molar-refractivity contribution is 0.0911. The fourth-order valence-corrected chi connectivity index (χ4v) is 2.18. The molecule has 1 saturated carbocycles. The summed E-state index contributed by atoms with van der Waals surface area (Å²) in [5.74, 6) is 1.27. The Labute approximate surface area is 94.3 Å². The molecule has 0 spiro atoms. The van der Waals surface area contributed by atoms with Gasteiger partial charge in [-0.15, -0.1) is 0 Å². The molecule has 2 aromatic rings. The molecule has 0 aliphatic heterocycles. The first-order chi connectivity index (χ1) is 7.83. The van der Waals surface area contributed by atoms with Gasteiger partial charge in [0.25, 0.3) is 0 Å². The smallest absolute Gasteiger partial charge is 0.198 e. The normalized spacial score (nSPS) is 16.2. The van der Waals surface area contributed by atoms with E-state index < -0.39 is 0 Å². The Morgan fingerprint density at radius 2 is 2.12 bits per heavy atom. The Morgan fingerprint density at radius 3 is 2.81 bits per heavy atom. The lowest BCUT2D eigenvalue weighted by atomic mass is 9.81. The van der Waals surface area contributed by atoms with Gasteiger partial charge in [0.15, 0.2) is 11.5 Å². The Morgan fingerprint density at radius 1 is 1.31 bits per heavy atom. The van der Waals surface area contributed by atoms with E-state index in [1.165, 1.54) is 19.3 Å². The van der Waals surface area contributed by atoms with Crippen molar-refractivity contribution in [2.75, 3.05) is 0 Å². The number of benzene rings is 1. The van der Waals surface area contributed by atoms with Gasteiger partial charge in [0, 0.05) is 11.8 Å². The summed E-state index contributed by atoms with van der Waals surface area (Å²) in [7, 11) is 0. The Hall–Kier alpha value is -1.57. The third-order valence-electron chi connectivity index (χ3n) is 3.40. The maximum atomic E-state index is 11.9. The van der Waals surface area contributed by atoms with E-state index >= 15 is 0 Å². The number of Topliss-reactive ketones (excluding diaryl/α,β-unsaturated/α-hetero) is 1. The van der Waals surface area contributed by atoms with Crippen molar-refractivity contribution < 1.29 is 9.21 Å². The average Bonchev–Trinajstić information content (AvgIpc) is 2.66. The number of para-hydroxylation sites is 1. The van der Waals surface area contributed by atoms with Crippen molar-refractivity contribution in [3.63, 3.8) is 0 Å². The van der Waals surface area contributed by atoms with Crippen LogP contribution in [0.1, 0.15) is 36.2 Å². The molecule has 2 heteroatoms. The van der Waals surface area contributed by atoms with E-state index in [1.54, 1.807) is 0 Å². The predicted molar refractivity (Wildman–Crippen MR) is 62.5 cm³/mol. The van der Waals surface area contributed by atoms with Crippen molar-refractivity contribution in [2.45, 2.75) is 25.7 Å². The minimum absolute atomic E-state index is 0.154. The van der Waals surface area contributed by atoms with Crippen LogP contribution in [0.15, 0.2) is 34.7 Å². The third-order valence-corrected chi connectivity index (χ3v) is 3.40. The molecule has 0 bridgehead atoms. The zero-order chi connectivity index (χ0) is 11.0. The van der Waals surface area contributed by atoms with Gasteiger partial charge in [-0.1, -0.05) is 24.6 Å². The van der Waals surface area contributed by atoms with Crippen LogP contribution in [0.5, 0.6) is 0 Å². The average molecular weight is 214 g/mol. The van der Waals surface area contributed by atoms with Gasteiger partial charge in [-0.05, 0) is 30.9 Å². The summed E-state index contributed by atoms with van der Waals surface area (Å²) >= 11 is 0. The molecule has 16 heavy (non-hydrogen) atoms. The van der Waals surface area contributed by atoms with Crippen molar-refractivity contribution in [1.82, 2.24) is 0 Å². The second-order valence-electron chi connectivity index (χ2n) is 4.57. The van der Waals surface area contributed by atoms with Crippen molar-refractivity contribution in [1.29, 1.82) is 0 Å². The van der Waals surface area contributed by atoms with Gasteiger partial charge in [-0.25, -0.2) is 0 Å². The fourth-order valence-electron chi connectivity index (χ4n) is 2.18. The zero-order valence-electron chi connectivity index (χ0n) is 9.11. The molecule has 1 aliphatic rings. The largest absolute Gasteiger partial charge is 0.453 e. The summed E-state index contributed by atoms with van der Waals surface area (Å²) in [5.41, 5.74) is 0.805. The molecule has 1 aromatic heterocycles. The van der Waals surface area contributed by atoms with Gasteiger partial charge in [-0.3, -0.25) is 4.79 Å². The Bertz CT molecular complexity index is 487. The van der Waals surface area contributed by atoms with Crippen molar-refractivity contribution in [3.05, 3.63) is 36.1 Å². The van der Waals surface area contributed by atoms with E-state index in [4.69, 9.17) is 4.42 Å². The molecule has 1 aliphatic carbocycles. The molecule has 0 unspecified atom stereocenters. The summed E-state index contributed by atoms with van der Waals surface area (Å²) in [6, 6.07) is 9.61. The predicted octanol–water partition coefficient (Wildman–Crippen LogP) is 3.81. The minimum Gasteiger partial charge on any atom is -0.453 e. The molecule has 0 atom stereocenters. The number of fused-ring (bicyclic) bond motifs is 1. The highest BCUT2D eigenvalue weighted by atomic mass is 16.3. The molecule has 1 aromatic carbocycles. The van der Waals surface area contributed by atoms with Crippen LogP contribution in [0.2, 0.25) is 0 Å². The van der Waals surface area contributed by atoms with Crippen molar-refractivity contribution >= 4 is 16.8 Å². The molecule has 1 fully saturated rings. The Balaban J connectivity index is 1.84.